The lowest BCUT2D eigenvalue weighted by Crippen LogP contribution is -2.54. The monoisotopic (exact) mass is 697 g/mol. The van der Waals surface area contributed by atoms with E-state index in [0.29, 0.717) is 15.6 Å². The molecule has 0 spiro atoms. The zero-order chi connectivity index (χ0) is 32.7. The lowest BCUT2D eigenvalue weighted by Gasteiger charge is -2.34. The van der Waals surface area contributed by atoms with Crippen molar-refractivity contribution in [3.8, 4) is 0 Å². The number of nitrogens with one attached hydrogen (secondary N) is 1. The van der Waals surface area contributed by atoms with Gasteiger partial charge in [-0.3, -0.25) is 13.9 Å². The zero-order valence-electron chi connectivity index (χ0n) is 25.0. The number of para-hydroxylation sites is 1. The molecule has 2 amide bonds. The van der Waals surface area contributed by atoms with Gasteiger partial charge in [-0.25, -0.2) is 8.42 Å². The molecule has 240 valence electrons. The van der Waals surface area contributed by atoms with Crippen molar-refractivity contribution in [3.63, 3.8) is 0 Å². The van der Waals surface area contributed by atoms with Crippen molar-refractivity contribution in [2.45, 2.75) is 55.6 Å². The van der Waals surface area contributed by atoms with Crippen LogP contribution >= 0.6 is 34.8 Å². The molecule has 1 aliphatic rings. The van der Waals surface area contributed by atoms with Gasteiger partial charge >= 0.3 is 0 Å². The van der Waals surface area contributed by atoms with E-state index in [4.69, 9.17) is 34.8 Å². The molecule has 46 heavy (non-hydrogen) atoms. The van der Waals surface area contributed by atoms with Crippen LogP contribution < -0.4 is 9.62 Å². The van der Waals surface area contributed by atoms with Gasteiger partial charge in [-0.1, -0.05) is 114 Å². The van der Waals surface area contributed by atoms with E-state index in [1.807, 2.05) is 30.3 Å². The first-order chi connectivity index (χ1) is 22.1. The van der Waals surface area contributed by atoms with E-state index < -0.39 is 28.5 Å². The number of hydrogen-bond donors (Lipinski definition) is 1. The Kier molecular flexibility index (Phi) is 11.3. The highest BCUT2D eigenvalue weighted by Gasteiger charge is 2.36. The van der Waals surface area contributed by atoms with E-state index in [1.165, 1.54) is 17.0 Å². The Labute approximate surface area is 285 Å². The van der Waals surface area contributed by atoms with Crippen LogP contribution in [0.15, 0.2) is 108 Å². The van der Waals surface area contributed by atoms with Gasteiger partial charge in [-0.15, -0.1) is 0 Å². The van der Waals surface area contributed by atoms with E-state index in [0.717, 1.165) is 35.6 Å². The third kappa shape index (κ3) is 8.23. The predicted octanol–water partition coefficient (Wildman–Crippen LogP) is 7.54. The lowest BCUT2D eigenvalue weighted by molar-refractivity contribution is -0.140. The molecule has 1 aliphatic carbocycles. The molecule has 0 heterocycles. The van der Waals surface area contributed by atoms with Gasteiger partial charge in [0.15, 0.2) is 0 Å². The van der Waals surface area contributed by atoms with Crippen molar-refractivity contribution in [1.82, 2.24) is 10.2 Å². The van der Waals surface area contributed by atoms with Crippen LogP contribution in [0.2, 0.25) is 15.1 Å². The largest absolute Gasteiger partial charge is 0.352 e. The van der Waals surface area contributed by atoms with Crippen LogP contribution in [0.25, 0.3) is 0 Å². The molecule has 5 rings (SSSR count). The smallest absolute Gasteiger partial charge is 0.264 e. The van der Waals surface area contributed by atoms with Crippen LogP contribution in [0.3, 0.4) is 0 Å². The van der Waals surface area contributed by atoms with Crippen LogP contribution in [0.1, 0.15) is 36.8 Å². The van der Waals surface area contributed by atoms with Gasteiger partial charge < -0.3 is 10.2 Å². The van der Waals surface area contributed by atoms with Crippen molar-refractivity contribution in [1.29, 1.82) is 0 Å². The Morgan fingerprint density at radius 2 is 1.43 bits per heavy atom. The highest BCUT2D eigenvalue weighted by atomic mass is 35.5. The summed E-state index contributed by atoms with van der Waals surface area (Å²) in [6, 6.07) is 27.6. The lowest BCUT2D eigenvalue weighted by atomic mass is 10.0. The standard InChI is InChI=1S/C35H34Cl3N3O4S/c36-27-20-19-26(31(38)22-27)23-40(33(21-25-11-3-1-4-12-25)35(43)39-28-13-7-8-14-28)34(42)24-41(32-18-10-9-17-30(32)37)46(44,45)29-15-5-2-6-16-29/h1-6,9-12,15-20,22,28,33H,7-8,13-14,21,23-24H2,(H,39,43)/t33-/m1/s1. The number of halogens is 3. The summed E-state index contributed by atoms with van der Waals surface area (Å²) in [5.74, 6) is -0.919. The van der Waals surface area contributed by atoms with E-state index in [-0.39, 0.29) is 40.5 Å². The maximum atomic E-state index is 14.6. The summed E-state index contributed by atoms with van der Waals surface area (Å²) in [5, 5.41) is 4.05. The molecule has 4 aromatic rings. The normalized spacial score (nSPS) is 14.1. The van der Waals surface area contributed by atoms with E-state index in [2.05, 4.69) is 5.32 Å². The van der Waals surface area contributed by atoms with Crippen molar-refractivity contribution < 1.29 is 18.0 Å². The van der Waals surface area contributed by atoms with Crippen molar-refractivity contribution in [2.75, 3.05) is 10.8 Å². The number of sulfonamides is 1. The second-order valence-corrected chi connectivity index (χ2v) is 14.3. The molecular formula is C35H34Cl3N3O4S. The highest BCUT2D eigenvalue weighted by molar-refractivity contribution is 7.92. The van der Waals surface area contributed by atoms with Gasteiger partial charge in [0, 0.05) is 29.1 Å². The van der Waals surface area contributed by atoms with E-state index in [1.54, 1.807) is 60.7 Å². The highest BCUT2D eigenvalue weighted by Crippen LogP contribution is 2.31. The summed E-state index contributed by atoms with van der Waals surface area (Å²) >= 11 is 19.3. The summed E-state index contributed by atoms with van der Waals surface area (Å²) in [4.78, 5) is 30.1. The first-order valence-electron chi connectivity index (χ1n) is 15.0. The van der Waals surface area contributed by atoms with Crippen molar-refractivity contribution in [3.05, 3.63) is 129 Å². The predicted molar refractivity (Wildman–Crippen MR) is 184 cm³/mol. The molecule has 0 radical (unpaired) electrons. The summed E-state index contributed by atoms with van der Waals surface area (Å²) in [7, 11) is -4.26. The van der Waals surface area contributed by atoms with Crippen LogP contribution in [0, 0.1) is 0 Å². The molecule has 7 nitrogen and oxygen atoms in total. The van der Waals surface area contributed by atoms with Crippen molar-refractivity contribution >= 4 is 62.3 Å². The maximum Gasteiger partial charge on any atom is 0.264 e. The maximum absolute atomic E-state index is 14.6. The summed E-state index contributed by atoms with van der Waals surface area (Å²) in [5.41, 5.74) is 1.54. The Bertz CT molecular complexity index is 1770. The average molecular weight is 699 g/mol. The number of hydrogen-bond acceptors (Lipinski definition) is 4. The van der Waals surface area contributed by atoms with Crippen LogP contribution in [-0.2, 0) is 32.6 Å². The topological polar surface area (TPSA) is 86.8 Å². The van der Waals surface area contributed by atoms with Crippen LogP contribution in [0.4, 0.5) is 5.69 Å². The fourth-order valence-corrected chi connectivity index (χ4v) is 7.85. The number of benzene rings is 4. The average Bonchev–Trinajstić information content (AvgIpc) is 3.56. The summed E-state index contributed by atoms with van der Waals surface area (Å²) in [6.07, 6.45) is 3.95. The second kappa shape index (κ2) is 15.4. The summed E-state index contributed by atoms with van der Waals surface area (Å²) in [6.45, 7) is -0.680. The Balaban J connectivity index is 1.58. The molecule has 1 fully saturated rings. The number of carbonyl (C=O) groups excluding carboxylic acids is 2. The van der Waals surface area contributed by atoms with Gasteiger partial charge in [0.1, 0.15) is 12.6 Å². The molecule has 11 heteroatoms. The van der Waals surface area contributed by atoms with Gasteiger partial charge in [-0.2, -0.15) is 0 Å². The van der Waals surface area contributed by atoms with E-state index >= 15 is 0 Å². The van der Waals surface area contributed by atoms with Gasteiger partial charge in [0.25, 0.3) is 10.0 Å². The molecule has 0 aliphatic heterocycles. The van der Waals surface area contributed by atoms with Crippen molar-refractivity contribution in [2.24, 2.45) is 0 Å². The first kappa shape index (κ1) is 33.8. The number of carbonyl (C=O) groups is 2. The number of anilines is 1. The Morgan fingerprint density at radius 3 is 2.09 bits per heavy atom. The van der Waals surface area contributed by atoms with Gasteiger partial charge in [0.05, 0.1) is 15.6 Å². The second-order valence-electron chi connectivity index (χ2n) is 11.2. The molecule has 0 bridgehead atoms. The number of rotatable bonds is 12. The molecule has 4 aromatic carbocycles. The molecule has 0 aromatic heterocycles. The number of nitrogens with zero attached hydrogens (tertiary/aromatic N) is 2. The summed E-state index contributed by atoms with van der Waals surface area (Å²) < 4.78 is 29.2. The van der Waals surface area contributed by atoms with Crippen LogP contribution in [0.5, 0.6) is 0 Å². The molecular weight excluding hydrogens is 665 g/mol. The number of amides is 2. The fraction of sp³-hybridized carbons (Fsp3) is 0.257. The zero-order valence-corrected chi connectivity index (χ0v) is 28.1. The minimum atomic E-state index is -4.26. The molecule has 1 saturated carbocycles. The molecule has 1 atom stereocenters. The van der Waals surface area contributed by atoms with E-state index in [9.17, 15) is 18.0 Å². The molecule has 1 N–H and O–H groups in total. The fourth-order valence-electron chi connectivity index (χ4n) is 5.64. The minimum absolute atomic E-state index is 0.0000671. The van der Waals surface area contributed by atoms with Gasteiger partial charge in [0.2, 0.25) is 11.8 Å². The first-order valence-corrected chi connectivity index (χ1v) is 17.6. The Morgan fingerprint density at radius 1 is 0.804 bits per heavy atom. The van der Waals surface area contributed by atoms with Gasteiger partial charge in [-0.05, 0) is 60.4 Å². The third-order valence-electron chi connectivity index (χ3n) is 8.06. The SMILES string of the molecule is O=C(NC1CCCC1)[C@@H](Cc1ccccc1)N(Cc1ccc(Cl)cc1Cl)C(=O)CN(c1ccccc1Cl)S(=O)(=O)c1ccccc1. The minimum Gasteiger partial charge on any atom is -0.352 e. The third-order valence-corrected chi connectivity index (χ3v) is 10.7. The molecule has 0 saturated heterocycles. The quantitative estimate of drug-likeness (QED) is 0.166. The Hall–Kier alpha value is -3.56. The molecule has 0 unspecified atom stereocenters. The van der Waals surface area contributed by atoms with Crippen LogP contribution in [-0.4, -0.2) is 43.8 Å².